The number of aromatic nitrogens is 1. The van der Waals surface area contributed by atoms with Crippen LogP contribution in [0, 0.1) is 0 Å². The molecule has 0 spiro atoms. The number of likely N-dealkylation sites (N-methyl/N-ethyl adjacent to an activating group) is 1. The number of hydrogen-bond acceptors (Lipinski definition) is 3. The molecule has 14 heavy (non-hydrogen) atoms. The highest BCUT2D eigenvalue weighted by Gasteiger charge is 2.11. The number of carbonyl (C=O) groups excluding carboxylic acids is 1. The van der Waals surface area contributed by atoms with Crippen LogP contribution in [-0.2, 0) is 0 Å². The number of pyridine rings is 1. The highest BCUT2D eigenvalue weighted by Crippen LogP contribution is 2.00. The van der Waals surface area contributed by atoms with Crippen LogP contribution in [0.25, 0.3) is 0 Å². The average molecular weight is 209 g/mol. The largest absolute Gasteiger partial charge is 0.392 e. The Morgan fingerprint density at radius 3 is 2.64 bits per heavy atom. The normalized spacial score (nSPS) is 9.50. The van der Waals surface area contributed by atoms with Gasteiger partial charge in [-0.25, -0.2) is 0 Å². The molecular weight excluding hydrogens is 198 g/mol. The second kappa shape index (κ2) is 4.66. The number of amides is 1. The topological polar surface area (TPSA) is 59.2 Å². The zero-order valence-corrected chi connectivity index (χ0v) is 8.62. The van der Waals surface area contributed by atoms with Crippen molar-refractivity contribution in [1.82, 2.24) is 9.88 Å². The summed E-state index contributed by atoms with van der Waals surface area (Å²) in [5.41, 5.74) is 5.92. The molecule has 1 heterocycles. The number of nitrogens with zero attached hydrogens (tertiary/aromatic N) is 2. The van der Waals surface area contributed by atoms with Crippen LogP contribution in [0.3, 0.4) is 0 Å². The Hall–Kier alpha value is -1.49. The molecule has 0 fully saturated rings. The monoisotopic (exact) mass is 209 g/mol. The summed E-state index contributed by atoms with van der Waals surface area (Å²) in [5.74, 6) is -0.111. The van der Waals surface area contributed by atoms with Crippen molar-refractivity contribution in [2.45, 2.75) is 0 Å². The summed E-state index contributed by atoms with van der Waals surface area (Å²) in [4.78, 5) is 17.3. The molecule has 1 rings (SSSR count). The van der Waals surface area contributed by atoms with Crippen LogP contribution in [0.15, 0.2) is 24.5 Å². The zero-order valence-electron chi connectivity index (χ0n) is 7.80. The summed E-state index contributed by atoms with van der Waals surface area (Å²) in [7, 11) is 1.65. The van der Waals surface area contributed by atoms with Crippen molar-refractivity contribution in [3.63, 3.8) is 0 Å². The maximum Gasteiger partial charge on any atom is 0.254 e. The molecule has 0 saturated carbocycles. The van der Waals surface area contributed by atoms with Crippen molar-refractivity contribution in [1.29, 1.82) is 0 Å². The highest BCUT2D eigenvalue weighted by molar-refractivity contribution is 7.80. The van der Waals surface area contributed by atoms with Gasteiger partial charge in [-0.15, -0.1) is 0 Å². The molecule has 1 amide bonds. The van der Waals surface area contributed by atoms with E-state index in [0.29, 0.717) is 10.6 Å². The minimum atomic E-state index is -0.111. The van der Waals surface area contributed by atoms with Crippen molar-refractivity contribution in [2.24, 2.45) is 5.73 Å². The first-order valence-corrected chi connectivity index (χ1v) is 4.46. The van der Waals surface area contributed by atoms with Gasteiger partial charge in [0.05, 0.1) is 11.5 Å². The van der Waals surface area contributed by atoms with Gasteiger partial charge in [-0.1, -0.05) is 12.2 Å². The molecule has 0 radical (unpaired) electrons. The Bertz CT molecular complexity index is 339. The molecule has 1 aromatic heterocycles. The molecule has 0 atom stereocenters. The summed E-state index contributed by atoms with van der Waals surface area (Å²) in [5, 5.41) is 0. The quantitative estimate of drug-likeness (QED) is 0.734. The van der Waals surface area contributed by atoms with Crippen LogP contribution in [0.1, 0.15) is 10.4 Å². The van der Waals surface area contributed by atoms with E-state index < -0.39 is 0 Å². The molecule has 4 nitrogen and oxygen atoms in total. The Balaban J connectivity index is 2.71. The van der Waals surface area contributed by atoms with E-state index in [-0.39, 0.29) is 12.5 Å². The molecule has 2 N–H and O–H groups in total. The van der Waals surface area contributed by atoms with E-state index in [9.17, 15) is 4.79 Å². The minimum Gasteiger partial charge on any atom is -0.392 e. The summed E-state index contributed by atoms with van der Waals surface area (Å²) in [6.07, 6.45) is 3.14. The predicted octanol–water partition coefficient (Wildman–Crippen LogP) is 0.440. The minimum absolute atomic E-state index is 0.111. The molecule has 74 valence electrons. The first kappa shape index (κ1) is 10.6. The second-order valence-corrected chi connectivity index (χ2v) is 3.39. The van der Waals surface area contributed by atoms with Crippen LogP contribution in [-0.4, -0.2) is 34.4 Å². The van der Waals surface area contributed by atoms with E-state index in [2.05, 4.69) is 4.98 Å². The molecule has 0 aromatic carbocycles. The Labute approximate surface area is 87.7 Å². The van der Waals surface area contributed by atoms with Gasteiger partial charge in [0.25, 0.3) is 5.91 Å². The summed E-state index contributed by atoms with van der Waals surface area (Å²) in [6.45, 7) is 0.288. The zero-order chi connectivity index (χ0) is 10.6. The van der Waals surface area contributed by atoms with Crippen LogP contribution in [0.4, 0.5) is 0 Å². The maximum absolute atomic E-state index is 11.7. The molecule has 0 bridgehead atoms. The van der Waals surface area contributed by atoms with E-state index in [0.717, 1.165) is 0 Å². The van der Waals surface area contributed by atoms with Gasteiger partial charge in [0.15, 0.2) is 0 Å². The lowest BCUT2D eigenvalue weighted by atomic mass is 10.2. The lowest BCUT2D eigenvalue weighted by Crippen LogP contribution is -2.34. The van der Waals surface area contributed by atoms with Gasteiger partial charge >= 0.3 is 0 Å². The van der Waals surface area contributed by atoms with E-state index in [1.165, 1.54) is 4.90 Å². The third-order valence-electron chi connectivity index (χ3n) is 1.67. The van der Waals surface area contributed by atoms with E-state index in [1.807, 2.05) is 0 Å². The molecule has 5 heteroatoms. The van der Waals surface area contributed by atoms with E-state index >= 15 is 0 Å². The smallest absolute Gasteiger partial charge is 0.254 e. The molecule has 0 aliphatic carbocycles. The van der Waals surface area contributed by atoms with Crippen molar-refractivity contribution in [3.8, 4) is 0 Å². The fraction of sp³-hybridized carbons (Fsp3) is 0.222. The summed E-state index contributed by atoms with van der Waals surface area (Å²) >= 11 is 4.71. The van der Waals surface area contributed by atoms with Gasteiger partial charge in [-0.2, -0.15) is 0 Å². The first-order valence-electron chi connectivity index (χ1n) is 4.05. The summed E-state index contributed by atoms with van der Waals surface area (Å²) in [6, 6.07) is 3.30. The van der Waals surface area contributed by atoms with Crippen molar-refractivity contribution in [3.05, 3.63) is 30.1 Å². The maximum atomic E-state index is 11.7. The highest BCUT2D eigenvalue weighted by atomic mass is 32.1. The molecule has 1 aromatic rings. The Morgan fingerprint density at radius 1 is 1.57 bits per heavy atom. The Kier molecular flexibility index (Phi) is 3.53. The lowest BCUT2D eigenvalue weighted by molar-refractivity contribution is 0.0815. The fourth-order valence-corrected chi connectivity index (χ4v) is 1.21. The third kappa shape index (κ3) is 2.77. The lowest BCUT2D eigenvalue weighted by Gasteiger charge is -2.15. The number of rotatable bonds is 3. The van der Waals surface area contributed by atoms with Gasteiger partial charge < -0.3 is 10.6 Å². The number of thiocarbonyl (C=S) groups is 1. The molecule has 0 unspecified atom stereocenters. The van der Waals surface area contributed by atoms with Crippen molar-refractivity contribution < 1.29 is 4.79 Å². The molecule has 0 saturated heterocycles. The molecule has 0 aliphatic heterocycles. The molecule has 0 aliphatic rings. The number of hydrogen-bond donors (Lipinski definition) is 1. The van der Waals surface area contributed by atoms with Crippen molar-refractivity contribution in [2.75, 3.05) is 13.6 Å². The Morgan fingerprint density at radius 2 is 2.14 bits per heavy atom. The van der Waals surface area contributed by atoms with Gasteiger partial charge in [0.2, 0.25) is 0 Å². The third-order valence-corrected chi connectivity index (χ3v) is 1.80. The second-order valence-electron chi connectivity index (χ2n) is 2.86. The van der Waals surface area contributed by atoms with Gasteiger partial charge in [-0.05, 0) is 12.1 Å². The van der Waals surface area contributed by atoms with E-state index in [4.69, 9.17) is 18.0 Å². The number of carbonyl (C=O) groups is 1. The standard InChI is InChI=1S/C9H11N3OS/c1-12(6-8(10)14)9(13)7-2-4-11-5-3-7/h2-5H,6H2,1H3,(H2,10,14). The van der Waals surface area contributed by atoms with Crippen LogP contribution < -0.4 is 5.73 Å². The summed E-state index contributed by atoms with van der Waals surface area (Å²) < 4.78 is 0. The van der Waals surface area contributed by atoms with Crippen LogP contribution >= 0.6 is 12.2 Å². The van der Waals surface area contributed by atoms with Crippen molar-refractivity contribution >= 4 is 23.1 Å². The molecular formula is C9H11N3OS. The van der Waals surface area contributed by atoms with Crippen LogP contribution in [0.2, 0.25) is 0 Å². The van der Waals surface area contributed by atoms with Crippen LogP contribution in [0.5, 0.6) is 0 Å². The van der Waals surface area contributed by atoms with Gasteiger partial charge in [-0.3, -0.25) is 9.78 Å². The van der Waals surface area contributed by atoms with Gasteiger partial charge in [0, 0.05) is 25.0 Å². The SMILES string of the molecule is CN(CC(N)=S)C(=O)c1ccncc1. The van der Waals surface area contributed by atoms with E-state index in [1.54, 1.807) is 31.6 Å². The predicted molar refractivity (Wildman–Crippen MR) is 58.0 cm³/mol. The first-order chi connectivity index (χ1) is 6.61. The average Bonchev–Trinajstić information content (AvgIpc) is 2.17. The fourth-order valence-electron chi connectivity index (χ4n) is 1.02. The van der Waals surface area contributed by atoms with Gasteiger partial charge in [0.1, 0.15) is 0 Å². The number of nitrogens with two attached hydrogens (primary N) is 1.